The number of hydrogen-bond acceptors (Lipinski definition) is 3. The molecule has 0 bridgehead atoms. The number of benzene rings is 1. The summed E-state index contributed by atoms with van der Waals surface area (Å²) in [5, 5.41) is 9.62. The summed E-state index contributed by atoms with van der Waals surface area (Å²) in [6, 6.07) is 4.90. The van der Waals surface area contributed by atoms with E-state index < -0.39 is 0 Å². The molecular formula is C13H17ClN2O2. The van der Waals surface area contributed by atoms with E-state index in [1.165, 1.54) is 0 Å². The Bertz CT molecular complexity index is 458. The van der Waals surface area contributed by atoms with Crippen molar-refractivity contribution in [3.05, 3.63) is 28.8 Å². The highest BCUT2D eigenvalue weighted by molar-refractivity contribution is 6.33. The van der Waals surface area contributed by atoms with Gasteiger partial charge in [0.25, 0.3) is 5.91 Å². The number of nitrogens with two attached hydrogens (primary N) is 1. The smallest absolute Gasteiger partial charge is 0.253 e. The quantitative estimate of drug-likeness (QED) is 0.821. The van der Waals surface area contributed by atoms with Gasteiger partial charge >= 0.3 is 0 Å². The van der Waals surface area contributed by atoms with Gasteiger partial charge in [0.15, 0.2) is 0 Å². The van der Waals surface area contributed by atoms with Gasteiger partial charge in [-0.3, -0.25) is 4.79 Å². The molecule has 0 spiro atoms. The molecule has 18 heavy (non-hydrogen) atoms. The zero-order valence-electron chi connectivity index (χ0n) is 10.3. The van der Waals surface area contributed by atoms with Crippen LogP contribution >= 0.6 is 11.6 Å². The summed E-state index contributed by atoms with van der Waals surface area (Å²) < 4.78 is 0. The number of hydrogen-bond donors (Lipinski definition) is 2. The molecular weight excluding hydrogens is 252 g/mol. The maximum absolute atomic E-state index is 12.1. The molecule has 0 heterocycles. The first kappa shape index (κ1) is 13.2. The van der Waals surface area contributed by atoms with Crippen LogP contribution < -0.4 is 5.73 Å². The molecule has 1 saturated carbocycles. The van der Waals surface area contributed by atoms with E-state index in [1.54, 1.807) is 30.1 Å². The van der Waals surface area contributed by atoms with Gasteiger partial charge in [-0.2, -0.15) is 0 Å². The number of nitrogen functional groups attached to an aromatic ring is 1. The Labute approximate surface area is 111 Å². The first-order chi connectivity index (χ1) is 8.47. The van der Waals surface area contributed by atoms with Crippen LogP contribution in [-0.2, 0) is 0 Å². The van der Waals surface area contributed by atoms with E-state index in [4.69, 9.17) is 17.3 Å². The highest BCUT2D eigenvalue weighted by atomic mass is 35.5. The first-order valence-corrected chi connectivity index (χ1v) is 6.33. The Kier molecular flexibility index (Phi) is 3.78. The van der Waals surface area contributed by atoms with Crippen molar-refractivity contribution in [2.24, 2.45) is 5.92 Å². The van der Waals surface area contributed by atoms with Crippen LogP contribution in [0.3, 0.4) is 0 Å². The van der Waals surface area contributed by atoms with Crippen molar-refractivity contribution in [3.8, 4) is 0 Å². The number of aliphatic hydroxyl groups is 1. The molecule has 0 atom stereocenters. The third kappa shape index (κ3) is 2.76. The molecule has 0 aliphatic heterocycles. The number of carbonyl (C=O) groups excluding carboxylic acids is 1. The lowest BCUT2D eigenvalue weighted by atomic mass is 9.82. The van der Waals surface area contributed by atoms with Crippen LogP contribution in [0.25, 0.3) is 0 Å². The maximum atomic E-state index is 12.1. The van der Waals surface area contributed by atoms with Crippen molar-refractivity contribution >= 4 is 23.2 Å². The molecule has 0 saturated heterocycles. The Morgan fingerprint density at radius 3 is 2.78 bits per heavy atom. The molecule has 1 fully saturated rings. The summed E-state index contributed by atoms with van der Waals surface area (Å²) in [7, 11) is 1.76. The number of carbonyl (C=O) groups is 1. The van der Waals surface area contributed by atoms with Gasteiger partial charge in [-0.15, -0.1) is 0 Å². The lowest BCUT2D eigenvalue weighted by molar-refractivity contribution is 0.0265. The topological polar surface area (TPSA) is 66.6 Å². The van der Waals surface area contributed by atoms with E-state index in [-0.39, 0.29) is 12.0 Å². The number of nitrogens with zero attached hydrogens (tertiary/aromatic N) is 1. The highest BCUT2D eigenvalue weighted by Crippen LogP contribution is 2.28. The standard InChI is InChI=1S/C13H17ClN2O2/c1-16(7-8-4-10(17)5-8)13(18)9-2-3-12(15)11(14)6-9/h2-3,6,8,10,17H,4-5,7,15H2,1H3. The monoisotopic (exact) mass is 268 g/mol. The van der Waals surface area contributed by atoms with Gasteiger partial charge in [0.1, 0.15) is 0 Å². The van der Waals surface area contributed by atoms with Crippen molar-refractivity contribution < 1.29 is 9.90 Å². The molecule has 98 valence electrons. The second-order valence-electron chi connectivity index (χ2n) is 4.91. The Morgan fingerprint density at radius 1 is 1.56 bits per heavy atom. The van der Waals surface area contributed by atoms with Crippen LogP contribution in [0.1, 0.15) is 23.2 Å². The average Bonchev–Trinajstić information content (AvgIpc) is 2.29. The molecule has 3 N–H and O–H groups in total. The highest BCUT2D eigenvalue weighted by Gasteiger charge is 2.29. The van der Waals surface area contributed by atoms with Crippen molar-refractivity contribution in [2.75, 3.05) is 19.3 Å². The summed E-state index contributed by atoms with van der Waals surface area (Å²) in [6.45, 7) is 0.665. The number of aliphatic hydroxyl groups excluding tert-OH is 1. The summed E-state index contributed by atoms with van der Waals surface area (Å²) >= 11 is 5.90. The van der Waals surface area contributed by atoms with Crippen LogP contribution in [0.4, 0.5) is 5.69 Å². The minimum Gasteiger partial charge on any atom is -0.398 e. The minimum atomic E-state index is -0.190. The van der Waals surface area contributed by atoms with Gasteiger partial charge < -0.3 is 15.7 Å². The predicted octanol–water partition coefficient (Wildman–Crippen LogP) is 1.77. The van der Waals surface area contributed by atoms with Gasteiger partial charge in [0, 0.05) is 19.2 Å². The van der Waals surface area contributed by atoms with E-state index in [1.807, 2.05) is 0 Å². The maximum Gasteiger partial charge on any atom is 0.253 e. The van der Waals surface area contributed by atoms with E-state index in [9.17, 15) is 9.90 Å². The molecule has 0 radical (unpaired) electrons. The van der Waals surface area contributed by atoms with Crippen LogP contribution in [0.5, 0.6) is 0 Å². The number of halogens is 1. The third-order valence-corrected chi connectivity index (χ3v) is 3.66. The lowest BCUT2D eigenvalue weighted by Gasteiger charge is -2.34. The molecule has 1 aromatic carbocycles. The summed E-state index contributed by atoms with van der Waals surface area (Å²) in [5.74, 6) is 0.330. The Morgan fingerprint density at radius 2 is 2.22 bits per heavy atom. The summed E-state index contributed by atoms with van der Waals surface area (Å²) in [6.07, 6.45) is 1.37. The van der Waals surface area contributed by atoms with Crippen LogP contribution in [0.15, 0.2) is 18.2 Å². The van der Waals surface area contributed by atoms with Gasteiger partial charge in [0.05, 0.1) is 16.8 Å². The Hall–Kier alpha value is -1.26. The van der Waals surface area contributed by atoms with Crippen molar-refractivity contribution in [2.45, 2.75) is 18.9 Å². The van der Waals surface area contributed by atoms with E-state index >= 15 is 0 Å². The van der Waals surface area contributed by atoms with Gasteiger partial charge in [-0.25, -0.2) is 0 Å². The summed E-state index contributed by atoms with van der Waals surface area (Å²) in [5.41, 5.74) is 6.62. The zero-order chi connectivity index (χ0) is 13.3. The fourth-order valence-electron chi connectivity index (χ4n) is 2.20. The van der Waals surface area contributed by atoms with Gasteiger partial charge in [-0.1, -0.05) is 11.6 Å². The Balaban J connectivity index is 1.99. The molecule has 1 amide bonds. The fourth-order valence-corrected chi connectivity index (χ4v) is 2.38. The largest absolute Gasteiger partial charge is 0.398 e. The van der Waals surface area contributed by atoms with Gasteiger partial charge in [-0.05, 0) is 37.0 Å². The minimum absolute atomic E-state index is 0.0710. The van der Waals surface area contributed by atoms with Crippen molar-refractivity contribution in [3.63, 3.8) is 0 Å². The second-order valence-corrected chi connectivity index (χ2v) is 5.32. The van der Waals surface area contributed by atoms with Crippen LogP contribution in [0, 0.1) is 5.92 Å². The van der Waals surface area contributed by atoms with E-state index in [0.29, 0.717) is 28.7 Å². The molecule has 0 unspecified atom stereocenters. The van der Waals surface area contributed by atoms with Crippen LogP contribution in [0.2, 0.25) is 5.02 Å². The second kappa shape index (κ2) is 5.16. The molecule has 4 nitrogen and oxygen atoms in total. The number of amides is 1. The van der Waals surface area contributed by atoms with Crippen molar-refractivity contribution in [1.29, 1.82) is 0 Å². The van der Waals surface area contributed by atoms with Crippen molar-refractivity contribution in [1.82, 2.24) is 4.90 Å². The van der Waals surface area contributed by atoms with Gasteiger partial charge in [0.2, 0.25) is 0 Å². The third-order valence-electron chi connectivity index (χ3n) is 3.34. The number of rotatable bonds is 3. The lowest BCUT2D eigenvalue weighted by Crippen LogP contribution is -2.39. The number of anilines is 1. The molecule has 1 aliphatic carbocycles. The molecule has 0 aromatic heterocycles. The average molecular weight is 269 g/mol. The fraction of sp³-hybridized carbons (Fsp3) is 0.462. The SMILES string of the molecule is CN(CC1CC(O)C1)C(=O)c1ccc(N)c(Cl)c1. The van der Waals surface area contributed by atoms with Crippen LogP contribution in [-0.4, -0.2) is 35.6 Å². The molecule has 1 aromatic rings. The predicted molar refractivity (Wildman–Crippen MR) is 71.6 cm³/mol. The summed E-state index contributed by atoms with van der Waals surface area (Å²) in [4.78, 5) is 13.8. The first-order valence-electron chi connectivity index (χ1n) is 5.96. The zero-order valence-corrected chi connectivity index (χ0v) is 11.0. The van der Waals surface area contributed by atoms with E-state index in [0.717, 1.165) is 12.8 Å². The molecule has 5 heteroatoms. The molecule has 2 rings (SSSR count). The normalized spacial score (nSPS) is 22.4. The van der Waals surface area contributed by atoms with E-state index in [2.05, 4.69) is 0 Å². The molecule has 1 aliphatic rings.